The molecule has 2 atom stereocenters. The SMILES string of the molecule is CN(C(=O)c1ccccc1Cl)C1CC2CCC(C1)N2.Cl. The summed E-state index contributed by atoms with van der Waals surface area (Å²) < 4.78 is 0. The molecular formula is C15H20Cl2N2O. The Hall–Kier alpha value is -0.770. The maximum atomic E-state index is 12.5. The van der Waals surface area contributed by atoms with Crippen LogP contribution < -0.4 is 5.32 Å². The van der Waals surface area contributed by atoms with Crippen LogP contribution in [-0.4, -0.2) is 36.0 Å². The van der Waals surface area contributed by atoms with E-state index in [2.05, 4.69) is 5.32 Å². The molecule has 5 heteroatoms. The van der Waals surface area contributed by atoms with Crippen LogP contribution in [0.1, 0.15) is 36.0 Å². The lowest BCUT2D eigenvalue weighted by molar-refractivity contribution is 0.0682. The molecule has 1 amide bonds. The fourth-order valence-corrected chi connectivity index (χ4v) is 3.55. The highest BCUT2D eigenvalue weighted by atomic mass is 35.5. The third kappa shape index (κ3) is 2.95. The number of hydrogen-bond donors (Lipinski definition) is 1. The van der Waals surface area contributed by atoms with E-state index in [0.29, 0.717) is 28.7 Å². The van der Waals surface area contributed by atoms with Crippen LogP contribution in [0, 0.1) is 0 Å². The molecule has 2 unspecified atom stereocenters. The molecule has 3 nitrogen and oxygen atoms in total. The molecule has 0 saturated carbocycles. The van der Waals surface area contributed by atoms with E-state index >= 15 is 0 Å². The Morgan fingerprint density at radius 3 is 2.45 bits per heavy atom. The number of nitrogens with one attached hydrogen (secondary N) is 1. The number of piperidine rings is 1. The molecule has 2 saturated heterocycles. The molecule has 1 aromatic carbocycles. The first-order chi connectivity index (χ1) is 9.15. The fourth-order valence-electron chi connectivity index (χ4n) is 3.33. The number of halogens is 2. The maximum Gasteiger partial charge on any atom is 0.255 e. The van der Waals surface area contributed by atoms with Gasteiger partial charge >= 0.3 is 0 Å². The van der Waals surface area contributed by atoms with Crippen LogP contribution in [0.4, 0.5) is 0 Å². The van der Waals surface area contributed by atoms with Crippen LogP contribution in [0.15, 0.2) is 24.3 Å². The zero-order valence-electron chi connectivity index (χ0n) is 11.5. The first kappa shape index (κ1) is 15.6. The number of carbonyl (C=O) groups excluding carboxylic acids is 1. The van der Waals surface area contributed by atoms with Crippen molar-refractivity contribution in [2.24, 2.45) is 0 Å². The average molecular weight is 315 g/mol. The number of fused-ring (bicyclic) bond motifs is 2. The van der Waals surface area contributed by atoms with Gasteiger partial charge in [-0.25, -0.2) is 0 Å². The van der Waals surface area contributed by atoms with E-state index in [4.69, 9.17) is 11.6 Å². The predicted molar refractivity (Wildman–Crippen MR) is 83.8 cm³/mol. The normalized spacial score (nSPS) is 27.8. The van der Waals surface area contributed by atoms with Gasteiger partial charge in [0.15, 0.2) is 0 Å². The van der Waals surface area contributed by atoms with E-state index in [1.54, 1.807) is 12.1 Å². The Kier molecular flexibility index (Phi) is 4.95. The monoisotopic (exact) mass is 314 g/mol. The second-order valence-corrected chi connectivity index (χ2v) is 6.07. The third-order valence-electron chi connectivity index (χ3n) is 4.42. The Bertz CT molecular complexity index is 483. The van der Waals surface area contributed by atoms with E-state index in [0.717, 1.165) is 12.8 Å². The number of hydrogen-bond acceptors (Lipinski definition) is 2. The van der Waals surface area contributed by atoms with Crippen molar-refractivity contribution in [3.05, 3.63) is 34.9 Å². The van der Waals surface area contributed by atoms with Gasteiger partial charge < -0.3 is 10.2 Å². The zero-order chi connectivity index (χ0) is 13.4. The molecule has 0 aromatic heterocycles. The van der Waals surface area contributed by atoms with Crippen molar-refractivity contribution in [3.8, 4) is 0 Å². The minimum Gasteiger partial charge on any atom is -0.339 e. The number of benzene rings is 1. The summed E-state index contributed by atoms with van der Waals surface area (Å²) >= 11 is 6.11. The van der Waals surface area contributed by atoms with Crippen LogP contribution >= 0.6 is 24.0 Å². The van der Waals surface area contributed by atoms with Crippen LogP contribution in [0.2, 0.25) is 5.02 Å². The summed E-state index contributed by atoms with van der Waals surface area (Å²) in [6.45, 7) is 0. The molecule has 2 heterocycles. The Morgan fingerprint density at radius 1 is 1.25 bits per heavy atom. The van der Waals surface area contributed by atoms with Crippen molar-refractivity contribution >= 4 is 29.9 Å². The smallest absolute Gasteiger partial charge is 0.255 e. The molecule has 3 rings (SSSR count). The minimum absolute atomic E-state index is 0. The average Bonchev–Trinajstić information content (AvgIpc) is 2.76. The molecule has 110 valence electrons. The van der Waals surface area contributed by atoms with E-state index in [1.165, 1.54) is 12.8 Å². The predicted octanol–water partition coefficient (Wildman–Crippen LogP) is 3.12. The lowest BCUT2D eigenvalue weighted by Crippen LogP contribution is -2.48. The molecule has 1 aromatic rings. The number of amides is 1. The van der Waals surface area contributed by atoms with Crippen LogP contribution in [0.3, 0.4) is 0 Å². The van der Waals surface area contributed by atoms with Crippen molar-refractivity contribution in [1.82, 2.24) is 10.2 Å². The molecular weight excluding hydrogens is 295 g/mol. The van der Waals surface area contributed by atoms with Gasteiger partial charge in [0.05, 0.1) is 10.6 Å². The second kappa shape index (κ2) is 6.33. The molecule has 2 aliphatic heterocycles. The van der Waals surface area contributed by atoms with Gasteiger partial charge in [0, 0.05) is 25.2 Å². The van der Waals surface area contributed by atoms with Crippen molar-refractivity contribution in [1.29, 1.82) is 0 Å². The molecule has 2 bridgehead atoms. The van der Waals surface area contributed by atoms with Gasteiger partial charge in [0.25, 0.3) is 5.91 Å². The zero-order valence-corrected chi connectivity index (χ0v) is 13.1. The Morgan fingerprint density at radius 2 is 1.85 bits per heavy atom. The number of nitrogens with zero attached hydrogens (tertiary/aromatic N) is 1. The summed E-state index contributed by atoms with van der Waals surface area (Å²) in [7, 11) is 1.90. The fraction of sp³-hybridized carbons (Fsp3) is 0.533. The Balaban J connectivity index is 0.00000147. The molecule has 0 radical (unpaired) electrons. The van der Waals surface area contributed by atoms with E-state index in [1.807, 2.05) is 24.1 Å². The first-order valence-corrected chi connectivity index (χ1v) is 7.30. The summed E-state index contributed by atoms with van der Waals surface area (Å²) in [6, 6.07) is 8.80. The minimum atomic E-state index is 0. The summed E-state index contributed by atoms with van der Waals surface area (Å²) in [5, 5.41) is 4.14. The van der Waals surface area contributed by atoms with Crippen molar-refractivity contribution in [2.75, 3.05) is 7.05 Å². The number of rotatable bonds is 2. The van der Waals surface area contributed by atoms with Crippen LogP contribution in [0.5, 0.6) is 0 Å². The molecule has 2 aliphatic rings. The summed E-state index contributed by atoms with van der Waals surface area (Å²) in [5.74, 6) is 0.0388. The molecule has 1 N–H and O–H groups in total. The highest BCUT2D eigenvalue weighted by Gasteiger charge is 2.36. The molecule has 20 heavy (non-hydrogen) atoms. The van der Waals surface area contributed by atoms with Crippen LogP contribution in [-0.2, 0) is 0 Å². The van der Waals surface area contributed by atoms with E-state index in [9.17, 15) is 4.79 Å². The van der Waals surface area contributed by atoms with Crippen molar-refractivity contribution in [3.63, 3.8) is 0 Å². The quantitative estimate of drug-likeness (QED) is 0.909. The third-order valence-corrected chi connectivity index (χ3v) is 4.75. The van der Waals surface area contributed by atoms with Gasteiger partial charge in [-0.3, -0.25) is 4.79 Å². The molecule has 0 aliphatic carbocycles. The second-order valence-electron chi connectivity index (χ2n) is 5.66. The van der Waals surface area contributed by atoms with Crippen LogP contribution in [0.25, 0.3) is 0 Å². The highest BCUT2D eigenvalue weighted by molar-refractivity contribution is 6.33. The van der Waals surface area contributed by atoms with Gasteiger partial charge in [0.2, 0.25) is 0 Å². The first-order valence-electron chi connectivity index (χ1n) is 6.93. The summed E-state index contributed by atoms with van der Waals surface area (Å²) in [4.78, 5) is 14.4. The largest absolute Gasteiger partial charge is 0.339 e. The number of carbonyl (C=O) groups is 1. The van der Waals surface area contributed by atoms with Gasteiger partial charge in [0.1, 0.15) is 0 Å². The molecule has 2 fully saturated rings. The van der Waals surface area contributed by atoms with Gasteiger partial charge in [-0.1, -0.05) is 23.7 Å². The maximum absolute atomic E-state index is 12.5. The van der Waals surface area contributed by atoms with Crippen molar-refractivity contribution < 1.29 is 4.79 Å². The lowest BCUT2D eigenvalue weighted by Gasteiger charge is -2.35. The van der Waals surface area contributed by atoms with E-state index < -0.39 is 0 Å². The lowest BCUT2D eigenvalue weighted by atomic mass is 9.98. The summed E-state index contributed by atoms with van der Waals surface area (Å²) in [6.07, 6.45) is 4.61. The Labute approximate surface area is 131 Å². The van der Waals surface area contributed by atoms with Gasteiger partial charge in [-0.2, -0.15) is 0 Å². The standard InChI is InChI=1S/C15H19ClN2O.ClH/c1-18(12-8-10-6-7-11(9-12)17-10)15(19)13-4-2-3-5-14(13)16;/h2-5,10-12,17H,6-9H2,1H3;1H. The van der Waals surface area contributed by atoms with Crippen molar-refractivity contribution in [2.45, 2.75) is 43.8 Å². The topological polar surface area (TPSA) is 32.3 Å². The molecule has 0 spiro atoms. The van der Waals surface area contributed by atoms with Gasteiger partial charge in [-0.05, 0) is 37.8 Å². The highest BCUT2D eigenvalue weighted by Crippen LogP contribution is 2.30. The van der Waals surface area contributed by atoms with Gasteiger partial charge in [-0.15, -0.1) is 12.4 Å². The van der Waals surface area contributed by atoms with E-state index in [-0.39, 0.29) is 18.3 Å². The summed E-state index contributed by atoms with van der Waals surface area (Å²) in [5.41, 5.74) is 0.609.